The van der Waals surface area contributed by atoms with E-state index in [4.69, 9.17) is 24.8 Å². The summed E-state index contributed by atoms with van der Waals surface area (Å²) in [5.41, 5.74) is 3.51. The Kier molecular flexibility index (Phi) is 15.7. The summed E-state index contributed by atoms with van der Waals surface area (Å²) in [6, 6.07) is 17.6. The number of hydrogen-bond donors (Lipinski definition) is 1. The van der Waals surface area contributed by atoms with Crippen molar-refractivity contribution in [2.45, 2.75) is 52.1 Å². The van der Waals surface area contributed by atoms with Crippen LogP contribution < -0.4 is 28.5 Å². The molecule has 9 heteroatoms. The molecule has 0 radical (unpaired) electrons. The van der Waals surface area contributed by atoms with Crippen LogP contribution >= 0.6 is 0 Å². The molecule has 214 valence electrons. The van der Waals surface area contributed by atoms with E-state index in [-0.39, 0.29) is 25.5 Å². The molecule has 4 aromatic rings. The van der Waals surface area contributed by atoms with E-state index in [1.54, 1.807) is 12.4 Å². The number of nitrogens with one attached hydrogen (secondary N) is 1. The van der Waals surface area contributed by atoms with Crippen molar-refractivity contribution < 1.29 is 28.4 Å². The molecule has 0 spiro atoms. The molecule has 0 aliphatic heterocycles. The number of benzene rings is 2. The average Bonchev–Trinajstić information content (AvgIpc) is 3.54. The molecule has 2 aromatic carbocycles. The van der Waals surface area contributed by atoms with Gasteiger partial charge in [0.15, 0.2) is 0 Å². The van der Waals surface area contributed by atoms with Crippen LogP contribution in [0.3, 0.4) is 0 Å². The molecule has 0 bridgehead atoms. The summed E-state index contributed by atoms with van der Waals surface area (Å²) in [5, 5.41) is 11.6. The number of aryl methyl sites for hydroxylation is 2. The number of rotatable bonds is 15. The number of fused-ring (bicyclic) bond motifs is 1. The predicted molar refractivity (Wildman–Crippen MR) is 163 cm³/mol. The van der Waals surface area contributed by atoms with E-state index in [2.05, 4.69) is 83.8 Å². The number of aromatic nitrogens is 4. The summed E-state index contributed by atoms with van der Waals surface area (Å²) in [6.45, 7) is 10.7. The van der Waals surface area contributed by atoms with E-state index in [9.17, 15) is 0 Å². The van der Waals surface area contributed by atoms with Gasteiger partial charge in [0.05, 0.1) is 5.69 Å². The minimum atomic E-state index is 0. The van der Waals surface area contributed by atoms with Crippen LogP contribution in [0, 0.1) is 24.7 Å². The quantitative estimate of drug-likeness (QED) is 0.104. The molecular weight excluding hydrogens is 519 g/mol. The van der Waals surface area contributed by atoms with Crippen molar-refractivity contribution in [3.63, 3.8) is 0 Å². The third-order valence-electron chi connectivity index (χ3n) is 6.52. The number of imidazole rings is 1. The minimum absolute atomic E-state index is 0. The van der Waals surface area contributed by atoms with Crippen LogP contribution in [0.1, 0.15) is 48.8 Å². The topological polar surface area (TPSA) is 108 Å². The van der Waals surface area contributed by atoms with Crippen molar-refractivity contribution in [3.05, 3.63) is 104 Å². The molecule has 2 heterocycles. The van der Waals surface area contributed by atoms with Crippen molar-refractivity contribution in [1.82, 2.24) is 19.9 Å². The minimum Gasteiger partial charge on any atom is -0.455 e. The maximum atomic E-state index is 9.00. The Morgan fingerprint density at radius 3 is 2.64 bits per heavy atom. The standard InChI is InChI=1S/C30H34N6O.C3H3O.Li/c1-3-27-26(17-8-6-13-24-15-11-14-23-12-5-7-16-25(23)24)29(36(4-2)21-10-9-18-31)35-30(34-27)37-22-28-32-19-20-33-28;1-2-3-4;/h5,7,10-12,14-16,19-20H,2-4,6,8-9,13,17,21-22H2,1H3,(H,32,33);2H,1H2;/q-2;-1;+1. The second-order valence-corrected chi connectivity index (χ2v) is 9.20. The number of aromatic amines is 1. The fourth-order valence-electron chi connectivity index (χ4n) is 4.58. The summed E-state index contributed by atoms with van der Waals surface area (Å²) in [5.74, 6) is 1.56. The Morgan fingerprint density at radius 2 is 1.95 bits per heavy atom. The first-order valence-electron chi connectivity index (χ1n) is 13.8. The smallest absolute Gasteiger partial charge is 0.455 e. The van der Waals surface area contributed by atoms with Crippen molar-refractivity contribution >= 4 is 22.9 Å². The van der Waals surface area contributed by atoms with Gasteiger partial charge in [-0.15, -0.1) is 13.1 Å². The summed E-state index contributed by atoms with van der Waals surface area (Å²) >= 11 is 0. The summed E-state index contributed by atoms with van der Waals surface area (Å²) in [6.07, 6.45) is 13.1. The van der Waals surface area contributed by atoms with Crippen LogP contribution in [0.25, 0.3) is 10.8 Å². The van der Waals surface area contributed by atoms with Gasteiger partial charge in [0.25, 0.3) is 0 Å². The van der Waals surface area contributed by atoms with Gasteiger partial charge < -0.3 is 26.3 Å². The zero-order valence-electron chi connectivity index (χ0n) is 24.7. The second kappa shape index (κ2) is 19.3. The fourth-order valence-corrected chi connectivity index (χ4v) is 4.58. The van der Waals surface area contributed by atoms with Gasteiger partial charge in [-0.25, -0.2) is 22.9 Å². The molecule has 0 aliphatic carbocycles. The molecule has 0 unspecified atom stereocenters. The fraction of sp³-hybridized carbons (Fsp3) is 0.303. The van der Waals surface area contributed by atoms with Crippen molar-refractivity contribution in [3.8, 4) is 12.1 Å². The van der Waals surface area contributed by atoms with E-state index in [0.717, 1.165) is 61.1 Å². The number of allylic oxidation sites excluding steroid dienone is 1. The summed E-state index contributed by atoms with van der Waals surface area (Å²) in [7, 11) is 0. The Hall–Kier alpha value is -3.91. The number of nitriles is 1. The number of anilines is 1. The maximum absolute atomic E-state index is 9.00. The Morgan fingerprint density at radius 1 is 1.19 bits per heavy atom. The number of H-pyrrole nitrogens is 1. The molecule has 1 N–H and O–H groups in total. The van der Waals surface area contributed by atoms with Gasteiger partial charge >= 0.3 is 24.9 Å². The van der Waals surface area contributed by atoms with Crippen LogP contribution in [0.4, 0.5) is 5.82 Å². The van der Waals surface area contributed by atoms with Gasteiger partial charge in [0.2, 0.25) is 0 Å². The molecule has 0 saturated heterocycles. The van der Waals surface area contributed by atoms with E-state index in [1.807, 2.05) is 6.42 Å². The normalized spacial score (nSPS) is 10.1. The Balaban J connectivity index is 0.00000116. The monoisotopic (exact) mass is 556 g/mol. The number of unbranched alkanes of at least 4 members (excludes halogenated alkanes) is 2. The molecule has 0 fully saturated rings. The zero-order valence-corrected chi connectivity index (χ0v) is 24.7. The molecular formula is C33H37LiN6O2-2. The predicted octanol–water partition coefficient (Wildman–Crippen LogP) is 3.10. The van der Waals surface area contributed by atoms with E-state index >= 15 is 0 Å². The number of ether oxygens (including phenoxy) is 1. The van der Waals surface area contributed by atoms with E-state index in [1.165, 1.54) is 22.6 Å². The molecule has 0 aliphatic rings. The first kappa shape index (κ1) is 34.3. The zero-order chi connectivity index (χ0) is 29.3. The van der Waals surface area contributed by atoms with Crippen molar-refractivity contribution in [2.24, 2.45) is 0 Å². The first-order chi connectivity index (χ1) is 20.1. The van der Waals surface area contributed by atoms with Crippen LogP contribution in [-0.2, 0) is 30.7 Å². The van der Waals surface area contributed by atoms with Crippen molar-refractivity contribution in [2.75, 3.05) is 18.0 Å². The Bertz CT molecular complexity index is 1410. The molecule has 0 atom stereocenters. The SMILES string of the molecule is C=C[C-]=O.[CH2-]CN(C[CH-]CC#N)c1nc(OCc2ncc[nH]2)nc(CC)c1CCCCc1cccc2ccccc12.[Li+]. The average molecular weight is 557 g/mol. The summed E-state index contributed by atoms with van der Waals surface area (Å²) in [4.78, 5) is 27.9. The molecule has 2 aromatic heterocycles. The third-order valence-corrected chi connectivity index (χ3v) is 6.52. The molecule has 42 heavy (non-hydrogen) atoms. The number of hydrogen-bond acceptors (Lipinski definition) is 7. The number of nitrogens with zero attached hydrogens (tertiary/aromatic N) is 5. The molecule has 0 saturated carbocycles. The molecule has 0 amide bonds. The van der Waals surface area contributed by atoms with Gasteiger partial charge in [-0.1, -0.05) is 55.8 Å². The van der Waals surface area contributed by atoms with Gasteiger partial charge in [0.1, 0.15) is 18.2 Å². The van der Waals surface area contributed by atoms with Crippen LogP contribution in [-0.4, -0.2) is 39.3 Å². The molecule has 8 nitrogen and oxygen atoms in total. The van der Waals surface area contributed by atoms with E-state index in [0.29, 0.717) is 25.5 Å². The van der Waals surface area contributed by atoms with Crippen LogP contribution in [0.2, 0.25) is 0 Å². The summed E-state index contributed by atoms with van der Waals surface area (Å²) < 4.78 is 5.91. The van der Waals surface area contributed by atoms with Gasteiger partial charge in [0, 0.05) is 24.0 Å². The first-order valence-corrected chi connectivity index (χ1v) is 13.8. The maximum Gasteiger partial charge on any atom is 1.00 e. The third kappa shape index (κ3) is 10.2. The second-order valence-electron chi connectivity index (χ2n) is 9.20. The van der Waals surface area contributed by atoms with Crippen molar-refractivity contribution in [1.29, 1.82) is 5.26 Å². The van der Waals surface area contributed by atoms with Gasteiger partial charge in [-0.2, -0.15) is 9.97 Å². The van der Waals surface area contributed by atoms with E-state index < -0.39 is 0 Å². The van der Waals surface area contributed by atoms with Gasteiger partial charge in [-0.3, -0.25) is 6.42 Å². The van der Waals surface area contributed by atoms with Crippen LogP contribution in [0.5, 0.6) is 6.01 Å². The number of carbonyl (C=O) groups excluding carboxylic acids is 1. The van der Waals surface area contributed by atoms with Gasteiger partial charge in [-0.05, 0) is 54.7 Å². The Labute approximate surface area is 261 Å². The largest absolute Gasteiger partial charge is 1.00 e. The van der Waals surface area contributed by atoms with Crippen LogP contribution in [0.15, 0.2) is 67.5 Å². The molecule has 4 rings (SSSR count).